The molecule has 0 atom stereocenters. The summed E-state index contributed by atoms with van der Waals surface area (Å²) in [5.41, 5.74) is 0. The van der Waals surface area contributed by atoms with Gasteiger partial charge in [-0.25, -0.2) is 0 Å². The standard InChI is InChI=1S/Ag.Cu.Nd.Sn. The van der Waals surface area contributed by atoms with Crippen molar-refractivity contribution >= 4 is 23.9 Å². The molecule has 0 rings (SSSR count). The zero-order valence-corrected chi connectivity index (χ0v) is 10.1. The third kappa shape index (κ3) is 9.05. The van der Waals surface area contributed by atoms with Crippen LogP contribution in [0.3, 0.4) is 0 Å². The van der Waals surface area contributed by atoms with E-state index in [0.29, 0.717) is 0 Å². The van der Waals surface area contributed by atoms with Crippen LogP contribution in [0, 0.1) is 40.8 Å². The summed E-state index contributed by atoms with van der Waals surface area (Å²) in [6, 6.07) is 0. The van der Waals surface area contributed by atoms with E-state index in [9.17, 15) is 0 Å². The van der Waals surface area contributed by atoms with E-state index in [1.54, 1.807) is 0 Å². The van der Waals surface area contributed by atoms with Gasteiger partial charge < -0.3 is 0 Å². The summed E-state index contributed by atoms with van der Waals surface area (Å²) < 4.78 is 0. The average Bonchev–Trinajstić information content (AvgIpc) is 0. The van der Waals surface area contributed by atoms with E-state index in [4.69, 9.17) is 0 Å². The second kappa shape index (κ2) is 16.1. The Labute approximate surface area is 102 Å². The van der Waals surface area contributed by atoms with Gasteiger partial charge in [-0.2, -0.15) is 0 Å². The van der Waals surface area contributed by atoms with Gasteiger partial charge in [0.1, 0.15) is 0 Å². The minimum atomic E-state index is 0. The molecule has 0 N–H and O–H groups in total. The summed E-state index contributed by atoms with van der Waals surface area (Å²) in [5, 5.41) is 0. The van der Waals surface area contributed by atoms with Crippen LogP contribution >= 0.6 is 0 Å². The first kappa shape index (κ1) is 26.2. The van der Waals surface area contributed by atoms with Crippen LogP contribution < -0.4 is 0 Å². The SMILES string of the molecule is [Ag].[Cu].[Nd].[Sn]. The van der Waals surface area contributed by atoms with Crippen LogP contribution in [0.4, 0.5) is 0 Å². The minimum absolute atomic E-state index is 0. The summed E-state index contributed by atoms with van der Waals surface area (Å²) in [4.78, 5) is 0. The molecule has 0 aliphatic heterocycles. The second-order valence-corrected chi connectivity index (χ2v) is 0. The summed E-state index contributed by atoms with van der Waals surface area (Å²) in [6.07, 6.45) is 0. The topological polar surface area (TPSA) is 0 Å². The molecule has 0 aliphatic carbocycles. The van der Waals surface area contributed by atoms with Crippen molar-refractivity contribution in [3.8, 4) is 0 Å². The first-order valence-electron chi connectivity index (χ1n) is 0. The maximum atomic E-state index is 0. The maximum absolute atomic E-state index is 0. The summed E-state index contributed by atoms with van der Waals surface area (Å²) in [6.45, 7) is 0. The van der Waals surface area contributed by atoms with E-state index < -0.39 is 0 Å². The van der Waals surface area contributed by atoms with Crippen LogP contribution in [0.2, 0.25) is 0 Å². The number of hydrogen-bond acceptors (Lipinski definition) is 0. The molecule has 0 aromatic rings. The fraction of sp³-hybridized carbons (Fsp3) is 0. The van der Waals surface area contributed by atoms with E-state index in [1.807, 2.05) is 0 Å². The molecule has 4 heteroatoms. The van der Waals surface area contributed by atoms with Gasteiger partial charge in [0.05, 0.1) is 0 Å². The molecule has 0 heterocycles. The smallest absolute Gasteiger partial charge is 0 e. The number of rotatable bonds is 0. The van der Waals surface area contributed by atoms with Crippen molar-refractivity contribution in [2.45, 2.75) is 0 Å². The molecule has 0 bridgehead atoms. The van der Waals surface area contributed by atoms with E-state index in [1.165, 1.54) is 0 Å². The van der Waals surface area contributed by atoms with E-state index in [0.717, 1.165) is 0 Å². The zero-order chi connectivity index (χ0) is 0. The van der Waals surface area contributed by atoms with Crippen molar-refractivity contribution < 1.29 is 80.3 Å². The molecular formula is AgCuNdSn. The molecule has 4 heavy (non-hydrogen) atoms. The van der Waals surface area contributed by atoms with Gasteiger partial charge in [0.25, 0.3) is 0 Å². The third-order valence-corrected chi connectivity index (χ3v) is 0. The van der Waals surface area contributed by atoms with E-state index in [-0.39, 0.29) is 104 Å². The van der Waals surface area contributed by atoms with Gasteiger partial charge in [0.15, 0.2) is 0 Å². The van der Waals surface area contributed by atoms with Gasteiger partial charge in [0, 0.05) is 104 Å². The summed E-state index contributed by atoms with van der Waals surface area (Å²) in [7, 11) is 0. The Balaban J connectivity index is 0. The summed E-state index contributed by atoms with van der Waals surface area (Å²) >= 11 is 0. The van der Waals surface area contributed by atoms with Gasteiger partial charge in [-0.1, -0.05) is 0 Å². The Morgan fingerprint density at radius 3 is 1.00 bits per heavy atom. The second-order valence-electron chi connectivity index (χ2n) is 0. The van der Waals surface area contributed by atoms with Crippen molar-refractivity contribution in [1.29, 1.82) is 0 Å². The predicted molar refractivity (Wildman–Crippen MR) is 5.75 cm³/mol. The van der Waals surface area contributed by atoms with Crippen LogP contribution in [0.5, 0.6) is 0 Å². The molecule has 0 aliphatic rings. The van der Waals surface area contributed by atoms with Crippen LogP contribution in [-0.2, 0) is 39.4 Å². The van der Waals surface area contributed by atoms with Crippen LogP contribution in [-0.4, -0.2) is 23.9 Å². The largest absolute Gasteiger partial charge is 0 e. The number of hydrogen-bond donors (Lipinski definition) is 0. The normalized spacial score (nSPS) is 0. The zero-order valence-electron chi connectivity index (χ0n) is 1.60. The fourth-order valence-corrected chi connectivity index (χ4v) is 0. The molecule has 0 spiro atoms. The quantitative estimate of drug-likeness (QED) is 0.456. The summed E-state index contributed by atoms with van der Waals surface area (Å²) in [5.74, 6) is 0. The Morgan fingerprint density at radius 1 is 1.00 bits per heavy atom. The fourth-order valence-electron chi connectivity index (χ4n) is 0. The van der Waals surface area contributed by atoms with Crippen LogP contribution in [0.15, 0.2) is 0 Å². The van der Waals surface area contributed by atoms with Gasteiger partial charge in [-0.05, 0) is 0 Å². The Morgan fingerprint density at radius 2 is 1.00 bits per heavy atom. The molecule has 0 saturated carbocycles. The Kier molecular flexibility index (Phi) is 106. The van der Waals surface area contributed by atoms with Crippen molar-refractivity contribution in [2.75, 3.05) is 0 Å². The third-order valence-electron chi connectivity index (χ3n) is 0. The van der Waals surface area contributed by atoms with Crippen LogP contribution in [0.1, 0.15) is 0 Å². The Hall–Kier alpha value is 3.41. The van der Waals surface area contributed by atoms with Crippen molar-refractivity contribution in [2.24, 2.45) is 0 Å². The predicted octanol–water partition coefficient (Wildman–Crippen LogP) is -0.386. The molecule has 0 unspecified atom stereocenters. The molecule has 0 aromatic heterocycles. The molecular weight excluding hydrogens is 434 g/mol. The first-order valence-corrected chi connectivity index (χ1v) is 0. The molecule has 0 nitrogen and oxygen atoms in total. The van der Waals surface area contributed by atoms with E-state index >= 15 is 0 Å². The molecule has 0 aromatic carbocycles. The first-order chi connectivity index (χ1) is 0. The van der Waals surface area contributed by atoms with Crippen molar-refractivity contribution in [1.82, 2.24) is 0 Å². The van der Waals surface area contributed by atoms with Gasteiger partial charge in [0.2, 0.25) is 0 Å². The average molecular weight is 434 g/mol. The van der Waals surface area contributed by atoms with Crippen molar-refractivity contribution in [3.05, 3.63) is 0 Å². The molecule has 30 valence electrons. The van der Waals surface area contributed by atoms with Gasteiger partial charge >= 0.3 is 0 Å². The molecule has 0 amide bonds. The molecule has 0 saturated heterocycles. The monoisotopic (exact) mass is 432 g/mol. The van der Waals surface area contributed by atoms with Crippen LogP contribution in [0.25, 0.3) is 0 Å². The maximum Gasteiger partial charge on any atom is 0 e. The van der Waals surface area contributed by atoms with E-state index in [2.05, 4.69) is 0 Å². The van der Waals surface area contributed by atoms with Crippen molar-refractivity contribution in [3.63, 3.8) is 0 Å². The Bertz CT molecular complexity index is 8.00. The minimum Gasteiger partial charge on any atom is 0 e. The van der Waals surface area contributed by atoms with Gasteiger partial charge in [-0.15, -0.1) is 0 Å². The molecule has 0 fully saturated rings. The van der Waals surface area contributed by atoms with Gasteiger partial charge in [-0.3, -0.25) is 0 Å². The molecule has 6 radical (unpaired) electrons.